The SMILES string of the molecule is C1=Cc2ccc(-c3nc(-c4ccccc4)cc(-c4ccc(-c5cccnc5)nc4)n3)cc2C2(c3ccccc31)c1ccccc1-c1c2c2ccccc2c2ccccc12. The molecule has 3 heterocycles. The van der Waals surface area contributed by atoms with Crippen LogP contribution >= 0.6 is 0 Å². The minimum atomic E-state index is -0.646. The van der Waals surface area contributed by atoms with Crippen molar-refractivity contribution in [1.82, 2.24) is 19.9 Å². The first kappa shape index (κ1) is 33.3. The molecule has 0 saturated heterocycles. The number of aromatic nitrogens is 4. The Morgan fingerprint density at radius 3 is 1.80 bits per heavy atom. The summed E-state index contributed by atoms with van der Waals surface area (Å²) in [5.74, 6) is 0.659. The van der Waals surface area contributed by atoms with Crippen molar-refractivity contribution in [2.24, 2.45) is 0 Å². The standard InChI is InChI=1S/C55H34N4/c1-2-14-37(15-3-1)50-32-51(40-28-29-49(57-34-40)39-16-12-30-56-33-39)59-54(58-50)38-27-26-36-25-24-35-13-4-10-22-46(35)55(48(36)31-38)47-23-11-9-21-45(47)52-43-19-7-5-17-41(43)42-18-6-8-20-44(42)53(52)55/h1-34H. The van der Waals surface area contributed by atoms with Gasteiger partial charge in [0, 0.05) is 40.8 Å². The summed E-state index contributed by atoms with van der Waals surface area (Å²) in [6, 6.07) is 63.2. The van der Waals surface area contributed by atoms with Crippen molar-refractivity contribution >= 4 is 33.7 Å². The lowest BCUT2D eigenvalue weighted by molar-refractivity contribution is 0.774. The van der Waals surface area contributed by atoms with E-state index < -0.39 is 5.41 Å². The minimum absolute atomic E-state index is 0.646. The van der Waals surface area contributed by atoms with Gasteiger partial charge in [-0.2, -0.15) is 0 Å². The molecule has 2 aliphatic rings. The maximum atomic E-state index is 5.33. The number of nitrogens with zero attached hydrogens (tertiary/aromatic N) is 4. The maximum absolute atomic E-state index is 5.33. The van der Waals surface area contributed by atoms with Crippen LogP contribution in [-0.4, -0.2) is 19.9 Å². The minimum Gasteiger partial charge on any atom is -0.264 e. The normalized spacial score (nSPS) is 14.8. The number of fused-ring (bicyclic) bond motifs is 14. The average molecular weight is 751 g/mol. The lowest BCUT2D eigenvalue weighted by Gasteiger charge is -2.36. The second kappa shape index (κ2) is 13.1. The van der Waals surface area contributed by atoms with Crippen LogP contribution in [0.15, 0.2) is 195 Å². The lowest BCUT2D eigenvalue weighted by Crippen LogP contribution is -2.30. The summed E-state index contributed by atoms with van der Waals surface area (Å²) in [6.07, 6.45) is 10.1. The molecule has 1 spiro atoms. The molecule has 10 aromatic rings. The molecule has 7 aromatic carbocycles. The van der Waals surface area contributed by atoms with Gasteiger partial charge in [-0.3, -0.25) is 9.97 Å². The van der Waals surface area contributed by atoms with Crippen molar-refractivity contribution in [3.8, 4) is 56.3 Å². The van der Waals surface area contributed by atoms with E-state index in [-0.39, 0.29) is 0 Å². The van der Waals surface area contributed by atoms with E-state index in [4.69, 9.17) is 15.0 Å². The average Bonchev–Trinajstić information content (AvgIpc) is 3.55. The molecule has 59 heavy (non-hydrogen) atoms. The molecule has 1 unspecified atom stereocenters. The largest absolute Gasteiger partial charge is 0.264 e. The van der Waals surface area contributed by atoms with Gasteiger partial charge in [-0.05, 0) is 102 Å². The summed E-state index contributed by atoms with van der Waals surface area (Å²) in [7, 11) is 0. The molecule has 0 saturated carbocycles. The first-order valence-electron chi connectivity index (χ1n) is 20.0. The zero-order chi connectivity index (χ0) is 38.9. The summed E-state index contributed by atoms with van der Waals surface area (Å²) in [5.41, 5.74) is 15.8. The Morgan fingerprint density at radius 2 is 1.02 bits per heavy atom. The number of pyridine rings is 2. The van der Waals surface area contributed by atoms with Crippen molar-refractivity contribution in [3.05, 3.63) is 228 Å². The van der Waals surface area contributed by atoms with E-state index >= 15 is 0 Å². The third-order valence-electron chi connectivity index (χ3n) is 12.2. The van der Waals surface area contributed by atoms with Gasteiger partial charge in [0.15, 0.2) is 5.82 Å². The number of hydrogen-bond donors (Lipinski definition) is 0. The third-order valence-corrected chi connectivity index (χ3v) is 12.2. The Labute approximate surface area is 341 Å². The Balaban J connectivity index is 1.14. The van der Waals surface area contributed by atoms with Gasteiger partial charge in [0.25, 0.3) is 0 Å². The fraction of sp³-hybridized carbons (Fsp3) is 0.0182. The van der Waals surface area contributed by atoms with Crippen LogP contribution in [0.4, 0.5) is 0 Å². The first-order valence-corrected chi connectivity index (χ1v) is 20.0. The quantitative estimate of drug-likeness (QED) is 0.168. The Hall–Kier alpha value is -7.82. The second-order valence-electron chi connectivity index (χ2n) is 15.4. The van der Waals surface area contributed by atoms with Gasteiger partial charge in [-0.25, -0.2) is 9.97 Å². The molecule has 4 heteroatoms. The molecular formula is C55H34N4. The van der Waals surface area contributed by atoms with Gasteiger partial charge >= 0.3 is 0 Å². The van der Waals surface area contributed by atoms with E-state index in [2.05, 4.69) is 169 Å². The molecule has 1 atom stereocenters. The number of benzene rings is 7. The van der Waals surface area contributed by atoms with Crippen LogP contribution in [0.1, 0.15) is 33.4 Å². The van der Waals surface area contributed by atoms with Crippen LogP contribution in [0.25, 0.3) is 90.0 Å². The summed E-state index contributed by atoms with van der Waals surface area (Å²) >= 11 is 0. The molecule has 0 fully saturated rings. The van der Waals surface area contributed by atoms with E-state index in [9.17, 15) is 0 Å². The smallest absolute Gasteiger partial charge is 0.160 e. The molecule has 0 amide bonds. The highest BCUT2D eigenvalue weighted by molar-refractivity contribution is 6.19. The summed E-state index contributed by atoms with van der Waals surface area (Å²) < 4.78 is 0. The van der Waals surface area contributed by atoms with Crippen molar-refractivity contribution in [2.45, 2.75) is 5.41 Å². The first-order chi connectivity index (χ1) is 29.3. The molecule has 0 radical (unpaired) electrons. The van der Waals surface area contributed by atoms with Crippen LogP contribution in [0, 0.1) is 0 Å². The fourth-order valence-corrected chi connectivity index (χ4v) is 9.72. The van der Waals surface area contributed by atoms with Crippen molar-refractivity contribution in [3.63, 3.8) is 0 Å². The lowest BCUT2D eigenvalue weighted by atomic mass is 9.64. The highest BCUT2D eigenvalue weighted by atomic mass is 14.9. The second-order valence-corrected chi connectivity index (χ2v) is 15.4. The number of rotatable bonds is 4. The van der Waals surface area contributed by atoms with Crippen LogP contribution in [0.2, 0.25) is 0 Å². The molecule has 4 nitrogen and oxygen atoms in total. The van der Waals surface area contributed by atoms with E-state index in [0.29, 0.717) is 5.82 Å². The molecule has 0 aliphatic heterocycles. The van der Waals surface area contributed by atoms with Crippen molar-refractivity contribution in [2.75, 3.05) is 0 Å². The van der Waals surface area contributed by atoms with Crippen LogP contribution in [0.3, 0.4) is 0 Å². The van der Waals surface area contributed by atoms with Gasteiger partial charge in [0.2, 0.25) is 0 Å². The van der Waals surface area contributed by atoms with Crippen LogP contribution in [-0.2, 0) is 5.41 Å². The molecule has 0 N–H and O–H groups in total. The predicted molar refractivity (Wildman–Crippen MR) is 241 cm³/mol. The maximum Gasteiger partial charge on any atom is 0.160 e. The summed E-state index contributed by atoms with van der Waals surface area (Å²) in [6.45, 7) is 0. The number of hydrogen-bond acceptors (Lipinski definition) is 4. The van der Waals surface area contributed by atoms with Crippen molar-refractivity contribution in [1.29, 1.82) is 0 Å². The monoisotopic (exact) mass is 750 g/mol. The van der Waals surface area contributed by atoms with Gasteiger partial charge in [-0.1, -0.05) is 152 Å². The molecule has 2 aliphatic carbocycles. The van der Waals surface area contributed by atoms with Gasteiger partial charge in [0.1, 0.15) is 0 Å². The molecule has 12 rings (SSSR count). The summed E-state index contributed by atoms with van der Waals surface area (Å²) in [4.78, 5) is 19.8. The van der Waals surface area contributed by atoms with Gasteiger partial charge in [0.05, 0.1) is 22.5 Å². The van der Waals surface area contributed by atoms with E-state index in [1.165, 1.54) is 66.1 Å². The molecule has 0 bridgehead atoms. The zero-order valence-corrected chi connectivity index (χ0v) is 31.9. The van der Waals surface area contributed by atoms with E-state index in [0.717, 1.165) is 39.3 Å². The van der Waals surface area contributed by atoms with Gasteiger partial charge < -0.3 is 0 Å². The Bertz CT molecular complexity index is 3320. The Morgan fingerprint density at radius 1 is 0.390 bits per heavy atom. The Kier molecular flexibility index (Phi) is 7.41. The zero-order valence-electron chi connectivity index (χ0n) is 31.9. The van der Waals surface area contributed by atoms with Crippen LogP contribution in [0.5, 0.6) is 0 Å². The third kappa shape index (κ3) is 5.03. The molecular weight excluding hydrogens is 717 g/mol. The fourth-order valence-electron chi connectivity index (χ4n) is 9.72. The van der Waals surface area contributed by atoms with Crippen LogP contribution < -0.4 is 0 Å². The highest BCUT2D eigenvalue weighted by Gasteiger charge is 2.50. The topological polar surface area (TPSA) is 51.6 Å². The van der Waals surface area contributed by atoms with E-state index in [1.807, 2.05) is 36.7 Å². The highest BCUT2D eigenvalue weighted by Crippen LogP contribution is 2.62. The van der Waals surface area contributed by atoms with Gasteiger partial charge in [-0.15, -0.1) is 0 Å². The van der Waals surface area contributed by atoms with E-state index in [1.54, 1.807) is 6.20 Å². The van der Waals surface area contributed by atoms with Crippen molar-refractivity contribution < 1.29 is 0 Å². The molecule has 3 aromatic heterocycles. The predicted octanol–water partition coefficient (Wildman–Crippen LogP) is 13.1. The summed E-state index contributed by atoms with van der Waals surface area (Å²) in [5, 5.41) is 5.05. The molecule has 274 valence electrons.